The average molecular weight is 329 g/mol. The van der Waals surface area contributed by atoms with Crippen LogP contribution in [-0.2, 0) is 0 Å². The Balaban J connectivity index is 1.86. The second-order valence-electron chi connectivity index (χ2n) is 5.69. The summed E-state index contributed by atoms with van der Waals surface area (Å²) < 4.78 is 11.4. The zero-order chi connectivity index (χ0) is 17.2. The van der Waals surface area contributed by atoms with Crippen LogP contribution in [0.1, 0.15) is 27.8 Å². The van der Waals surface area contributed by atoms with Crippen molar-refractivity contribution in [1.82, 2.24) is 4.98 Å². The number of hydrogen-bond acceptors (Lipinski definition) is 4. The summed E-state index contributed by atoms with van der Waals surface area (Å²) in [5.41, 5.74) is 2.27. The van der Waals surface area contributed by atoms with Gasteiger partial charge in [-0.05, 0) is 37.3 Å². The molecule has 4 nitrogen and oxygen atoms in total. The van der Waals surface area contributed by atoms with Crippen LogP contribution in [0.5, 0.6) is 0 Å². The smallest absolute Gasteiger partial charge is 0.231 e. The molecular formula is C21H15NO3. The van der Waals surface area contributed by atoms with E-state index in [0.29, 0.717) is 28.0 Å². The number of carbonyl (C=O) groups excluding carboxylic acids is 1. The van der Waals surface area contributed by atoms with Crippen molar-refractivity contribution >= 4 is 28.5 Å². The van der Waals surface area contributed by atoms with Gasteiger partial charge in [-0.3, -0.25) is 4.79 Å². The number of allylic oxidation sites excluding steroid dienone is 1. The standard InChI is InChI=1S/C21H15NO3/c1-14-11-12-16(24-14)13-17(20(23)15-7-3-2-4-8-15)21-22-18-9-5-6-10-19(18)25-21/h2-13H,1H3/b17-13+. The van der Waals surface area contributed by atoms with Gasteiger partial charge in [-0.25, -0.2) is 4.98 Å². The van der Waals surface area contributed by atoms with Crippen LogP contribution in [0.2, 0.25) is 0 Å². The molecule has 0 amide bonds. The summed E-state index contributed by atoms with van der Waals surface area (Å²) >= 11 is 0. The lowest BCUT2D eigenvalue weighted by atomic mass is 10.0. The Morgan fingerprint density at radius 2 is 1.68 bits per heavy atom. The maximum Gasteiger partial charge on any atom is 0.231 e. The van der Waals surface area contributed by atoms with Crippen LogP contribution in [0.25, 0.3) is 22.7 Å². The summed E-state index contributed by atoms with van der Waals surface area (Å²) in [5, 5.41) is 0. The maximum atomic E-state index is 13.0. The van der Waals surface area contributed by atoms with E-state index in [1.807, 2.05) is 61.5 Å². The van der Waals surface area contributed by atoms with Crippen molar-refractivity contribution in [1.29, 1.82) is 0 Å². The number of furan rings is 1. The number of aryl methyl sites for hydroxylation is 1. The van der Waals surface area contributed by atoms with E-state index in [1.54, 1.807) is 18.2 Å². The molecule has 0 aliphatic carbocycles. The number of para-hydroxylation sites is 2. The van der Waals surface area contributed by atoms with Gasteiger partial charge in [0.05, 0.1) is 5.57 Å². The number of benzene rings is 2. The Morgan fingerprint density at radius 3 is 2.40 bits per heavy atom. The molecule has 4 rings (SSSR count). The minimum Gasteiger partial charge on any atom is -0.462 e. The molecule has 2 aromatic carbocycles. The molecule has 0 bridgehead atoms. The van der Waals surface area contributed by atoms with Crippen LogP contribution in [0.4, 0.5) is 0 Å². The summed E-state index contributed by atoms with van der Waals surface area (Å²) in [5.74, 6) is 1.47. The highest BCUT2D eigenvalue weighted by Crippen LogP contribution is 2.26. The molecule has 0 radical (unpaired) electrons. The van der Waals surface area contributed by atoms with E-state index in [9.17, 15) is 4.79 Å². The highest BCUT2D eigenvalue weighted by Gasteiger charge is 2.20. The van der Waals surface area contributed by atoms with E-state index < -0.39 is 0 Å². The van der Waals surface area contributed by atoms with Gasteiger partial charge in [-0.15, -0.1) is 0 Å². The fourth-order valence-electron chi connectivity index (χ4n) is 2.63. The fourth-order valence-corrected chi connectivity index (χ4v) is 2.63. The molecule has 0 unspecified atom stereocenters. The number of hydrogen-bond donors (Lipinski definition) is 0. The van der Waals surface area contributed by atoms with Gasteiger partial charge in [0.2, 0.25) is 5.89 Å². The number of Topliss-reactive ketones (excluding diaryl/α,β-unsaturated/α-hetero) is 1. The van der Waals surface area contributed by atoms with Crippen molar-refractivity contribution in [3.63, 3.8) is 0 Å². The topological polar surface area (TPSA) is 56.2 Å². The van der Waals surface area contributed by atoms with E-state index in [-0.39, 0.29) is 11.7 Å². The van der Waals surface area contributed by atoms with Crippen molar-refractivity contribution in [2.24, 2.45) is 0 Å². The van der Waals surface area contributed by atoms with Gasteiger partial charge in [-0.2, -0.15) is 0 Å². The molecule has 122 valence electrons. The molecule has 0 saturated heterocycles. The van der Waals surface area contributed by atoms with E-state index in [4.69, 9.17) is 8.83 Å². The average Bonchev–Trinajstić information content (AvgIpc) is 3.25. The van der Waals surface area contributed by atoms with Gasteiger partial charge in [0.15, 0.2) is 11.4 Å². The van der Waals surface area contributed by atoms with Crippen molar-refractivity contribution in [2.75, 3.05) is 0 Å². The number of oxazole rings is 1. The fraction of sp³-hybridized carbons (Fsp3) is 0.0476. The molecule has 4 aromatic rings. The molecule has 0 atom stereocenters. The van der Waals surface area contributed by atoms with E-state index in [2.05, 4.69) is 4.98 Å². The van der Waals surface area contributed by atoms with Crippen LogP contribution in [-0.4, -0.2) is 10.8 Å². The minimum atomic E-state index is -0.166. The van der Waals surface area contributed by atoms with E-state index in [1.165, 1.54) is 0 Å². The summed E-state index contributed by atoms with van der Waals surface area (Å²) in [4.78, 5) is 17.5. The first kappa shape index (κ1) is 15.1. The molecule has 25 heavy (non-hydrogen) atoms. The number of fused-ring (bicyclic) bond motifs is 1. The second-order valence-corrected chi connectivity index (χ2v) is 5.69. The molecule has 2 aromatic heterocycles. The quantitative estimate of drug-likeness (QED) is 0.384. The highest BCUT2D eigenvalue weighted by atomic mass is 16.4. The Kier molecular flexibility index (Phi) is 3.78. The first-order chi connectivity index (χ1) is 12.2. The summed E-state index contributed by atoms with van der Waals surface area (Å²) in [6.45, 7) is 1.86. The number of rotatable bonds is 4. The van der Waals surface area contributed by atoms with Crippen LogP contribution in [0, 0.1) is 6.92 Å². The van der Waals surface area contributed by atoms with Crippen LogP contribution < -0.4 is 0 Å². The lowest BCUT2D eigenvalue weighted by molar-refractivity contribution is 0.105. The van der Waals surface area contributed by atoms with Crippen LogP contribution >= 0.6 is 0 Å². The first-order valence-electron chi connectivity index (χ1n) is 7.94. The third-order valence-corrected chi connectivity index (χ3v) is 3.85. The molecule has 0 aliphatic heterocycles. The maximum absolute atomic E-state index is 13.0. The lowest BCUT2D eigenvalue weighted by Crippen LogP contribution is -2.03. The van der Waals surface area contributed by atoms with Crippen LogP contribution in [0.3, 0.4) is 0 Å². The largest absolute Gasteiger partial charge is 0.462 e. The first-order valence-corrected chi connectivity index (χ1v) is 7.94. The van der Waals surface area contributed by atoms with Gasteiger partial charge < -0.3 is 8.83 Å². The zero-order valence-electron chi connectivity index (χ0n) is 13.6. The van der Waals surface area contributed by atoms with Crippen molar-refractivity contribution < 1.29 is 13.6 Å². The van der Waals surface area contributed by atoms with E-state index in [0.717, 1.165) is 5.76 Å². The third-order valence-electron chi connectivity index (χ3n) is 3.85. The minimum absolute atomic E-state index is 0.166. The monoisotopic (exact) mass is 329 g/mol. The zero-order valence-corrected chi connectivity index (χ0v) is 13.6. The summed E-state index contributed by atoms with van der Waals surface area (Å²) in [6.07, 6.45) is 1.67. The summed E-state index contributed by atoms with van der Waals surface area (Å²) in [7, 11) is 0. The second kappa shape index (κ2) is 6.24. The third kappa shape index (κ3) is 3.02. The van der Waals surface area contributed by atoms with Gasteiger partial charge >= 0.3 is 0 Å². The van der Waals surface area contributed by atoms with Gasteiger partial charge in [-0.1, -0.05) is 42.5 Å². The molecule has 2 heterocycles. The number of ketones is 1. The molecule has 0 saturated carbocycles. The van der Waals surface area contributed by atoms with Crippen molar-refractivity contribution in [3.05, 3.63) is 89.7 Å². The van der Waals surface area contributed by atoms with Crippen molar-refractivity contribution in [2.45, 2.75) is 6.92 Å². The predicted octanol–water partition coefficient (Wildman–Crippen LogP) is 5.15. The molecule has 0 aliphatic rings. The number of aromatic nitrogens is 1. The Labute approximate surface area is 144 Å². The molecule has 0 spiro atoms. The van der Waals surface area contributed by atoms with E-state index >= 15 is 0 Å². The summed E-state index contributed by atoms with van der Waals surface area (Å²) in [6, 6.07) is 20.2. The normalized spacial score (nSPS) is 11.8. The number of nitrogens with zero attached hydrogens (tertiary/aromatic N) is 1. The number of carbonyl (C=O) groups is 1. The molecular weight excluding hydrogens is 314 g/mol. The van der Waals surface area contributed by atoms with Crippen molar-refractivity contribution in [3.8, 4) is 0 Å². The Bertz CT molecular complexity index is 1040. The molecule has 0 N–H and O–H groups in total. The SMILES string of the molecule is Cc1ccc(/C=C(\C(=O)c2ccccc2)c2nc3ccccc3o2)o1. The molecule has 4 heteroatoms. The highest BCUT2D eigenvalue weighted by molar-refractivity contribution is 6.31. The van der Waals surface area contributed by atoms with Crippen LogP contribution in [0.15, 0.2) is 75.6 Å². The Hall–Kier alpha value is -3.40. The van der Waals surface area contributed by atoms with Gasteiger partial charge in [0.25, 0.3) is 0 Å². The predicted molar refractivity (Wildman–Crippen MR) is 96.1 cm³/mol. The van der Waals surface area contributed by atoms with Gasteiger partial charge in [0.1, 0.15) is 17.0 Å². The Morgan fingerprint density at radius 1 is 0.920 bits per heavy atom. The lowest BCUT2D eigenvalue weighted by Gasteiger charge is -2.02. The van der Waals surface area contributed by atoms with Gasteiger partial charge in [0, 0.05) is 5.56 Å². The molecule has 0 fully saturated rings.